The number of rotatable bonds is 6. The van der Waals surface area contributed by atoms with Crippen LogP contribution in [0.4, 0.5) is 11.4 Å². The van der Waals surface area contributed by atoms with Crippen molar-refractivity contribution in [3.63, 3.8) is 0 Å². The van der Waals surface area contributed by atoms with Crippen molar-refractivity contribution in [2.45, 2.75) is 18.7 Å². The number of nitro benzene ring substituents is 1. The van der Waals surface area contributed by atoms with Gasteiger partial charge in [-0.1, -0.05) is 17.7 Å². The lowest BCUT2D eigenvalue weighted by Gasteiger charge is -2.14. The summed E-state index contributed by atoms with van der Waals surface area (Å²) in [5.41, 5.74) is 0.297. The van der Waals surface area contributed by atoms with Gasteiger partial charge >= 0.3 is 0 Å². The van der Waals surface area contributed by atoms with Crippen LogP contribution >= 0.6 is 11.6 Å². The first-order valence-electron chi connectivity index (χ1n) is 6.95. The van der Waals surface area contributed by atoms with E-state index < -0.39 is 14.9 Å². The molecule has 9 heteroatoms. The Hall–Kier alpha value is -2.32. The van der Waals surface area contributed by atoms with Gasteiger partial charge in [0.15, 0.2) is 5.75 Å². The molecule has 2 aromatic carbocycles. The smallest absolute Gasteiger partial charge is 0.272 e. The Kier molecular flexibility index (Phi) is 5.30. The molecule has 24 heavy (non-hydrogen) atoms. The number of hydrogen-bond donors (Lipinski definition) is 1. The highest BCUT2D eigenvalue weighted by Crippen LogP contribution is 2.34. The van der Waals surface area contributed by atoms with E-state index in [1.807, 2.05) is 0 Å². The van der Waals surface area contributed by atoms with E-state index in [2.05, 4.69) is 4.72 Å². The zero-order valence-electron chi connectivity index (χ0n) is 12.9. The number of para-hydroxylation sites is 1. The summed E-state index contributed by atoms with van der Waals surface area (Å²) in [6, 6.07) is 8.27. The second-order valence-corrected chi connectivity index (χ2v) is 6.95. The second-order valence-electron chi connectivity index (χ2n) is 4.86. The Bertz CT molecular complexity index is 883. The zero-order chi connectivity index (χ0) is 17.9. The number of ether oxygens (including phenoxy) is 1. The van der Waals surface area contributed by atoms with Crippen molar-refractivity contribution in [1.29, 1.82) is 0 Å². The Balaban J connectivity index is 2.41. The number of halogens is 1. The van der Waals surface area contributed by atoms with Crippen LogP contribution in [0.5, 0.6) is 5.75 Å². The van der Waals surface area contributed by atoms with Gasteiger partial charge in [0.05, 0.1) is 27.1 Å². The van der Waals surface area contributed by atoms with Gasteiger partial charge in [0.25, 0.3) is 15.7 Å². The Morgan fingerprint density at radius 3 is 2.58 bits per heavy atom. The van der Waals surface area contributed by atoms with E-state index in [1.54, 1.807) is 19.1 Å². The number of sulfonamides is 1. The Labute approximate surface area is 144 Å². The normalized spacial score (nSPS) is 11.1. The molecule has 0 heterocycles. The van der Waals surface area contributed by atoms with Gasteiger partial charge in [-0.3, -0.25) is 14.8 Å². The lowest BCUT2D eigenvalue weighted by Crippen LogP contribution is -2.14. The molecule has 0 fully saturated rings. The van der Waals surface area contributed by atoms with Gasteiger partial charge in [0.2, 0.25) is 0 Å². The minimum absolute atomic E-state index is 0.0898. The third kappa shape index (κ3) is 3.77. The van der Waals surface area contributed by atoms with Crippen LogP contribution < -0.4 is 9.46 Å². The number of anilines is 1. The maximum Gasteiger partial charge on any atom is 0.272 e. The lowest BCUT2D eigenvalue weighted by atomic mass is 10.2. The molecule has 0 unspecified atom stereocenters. The lowest BCUT2D eigenvalue weighted by molar-refractivity contribution is -0.385. The van der Waals surface area contributed by atoms with E-state index in [9.17, 15) is 18.5 Å². The Morgan fingerprint density at radius 2 is 2.00 bits per heavy atom. The predicted octanol–water partition coefficient (Wildman–Crippen LogP) is 3.76. The van der Waals surface area contributed by atoms with Crippen LogP contribution in [0.3, 0.4) is 0 Å². The average molecular weight is 371 g/mol. The highest BCUT2D eigenvalue weighted by atomic mass is 35.5. The van der Waals surface area contributed by atoms with Gasteiger partial charge in [-0.15, -0.1) is 0 Å². The quantitative estimate of drug-likeness (QED) is 0.616. The second kappa shape index (κ2) is 7.06. The van der Waals surface area contributed by atoms with Crippen LogP contribution in [-0.4, -0.2) is 19.9 Å². The molecular weight excluding hydrogens is 356 g/mol. The summed E-state index contributed by atoms with van der Waals surface area (Å²) >= 11 is 6.03. The molecule has 0 aliphatic heterocycles. The molecule has 0 amide bonds. The third-order valence-corrected chi connectivity index (χ3v) is 4.84. The summed E-state index contributed by atoms with van der Waals surface area (Å²) in [6.45, 7) is 3.54. The van der Waals surface area contributed by atoms with Crippen molar-refractivity contribution >= 4 is 33.0 Å². The van der Waals surface area contributed by atoms with Gasteiger partial charge in [-0.05, 0) is 38.1 Å². The van der Waals surface area contributed by atoms with Crippen molar-refractivity contribution < 1.29 is 18.1 Å². The van der Waals surface area contributed by atoms with Crippen LogP contribution in [-0.2, 0) is 10.0 Å². The fourth-order valence-corrected chi connectivity index (χ4v) is 3.46. The molecule has 1 N–H and O–H groups in total. The third-order valence-electron chi connectivity index (χ3n) is 3.18. The van der Waals surface area contributed by atoms with E-state index in [0.717, 1.165) is 6.07 Å². The molecule has 0 spiro atoms. The number of nitrogens with one attached hydrogen (secondary N) is 1. The highest BCUT2D eigenvalue weighted by Gasteiger charge is 2.21. The molecule has 0 radical (unpaired) electrons. The van der Waals surface area contributed by atoms with Crippen molar-refractivity contribution in [3.05, 3.63) is 57.1 Å². The van der Waals surface area contributed by atoms with Crippen LogP contribution in [0, 0.1) is 17.0 Å². The molecule has 0 aliphatic carbocycles. The van der Waals surface area contributed by atoms with Crippen molar-refractivity contribution in [1.82, 2.24) is 0 Å². The first-order chi connectivity index (χ1) is 11.3. The van der Waals surface area contributed by atoms with E-state index >= 15 is 0 Å². The SMILES string of the molecule is CCOc1c(Cl)cccc1NS(=O)(=O)c1ccc([N+](=O)[O-])c(C)c1. The number of aryl methyl sites for hydroxylation is 1. The molecular formula is C15H15ClN2O5S. The van der Waals surface area contributed by atoms with Crippen LogP contribution in [0.25, 0.3) is 0 Å². The van der Waals surface area contributed by atoms with Crippen molar-refractivity contribution in [2.24, 2.45) is 0 Å². The Morgan fingerprint density at radius 1 is 1.29 bits per heavy atom. The summed E-state index contributed by atoms with van der Waals surface area (Å²) < 4.78 is 32.8. The molecule has 2 rings (SSSR count). The summed E-state index contributed by atoms with van der Waals surface area (Å²) in [6.07, 6.45) is 0. The van der Waals surface area contributed by atoms with E-state index in [-0.39, 0.29) is 32.6 Å². The molecule has 0 saturated heterocycles. The van der Waals surface area contributed by atoms with Gasteiger partial charge in [0.1, 0.15) is 0 Å². The van der Waals surface area contributed by atoms with E-state index in [1.165, 1.54) is 25.1 Å². The monoisotopic (exact) mass is 370 g/mol. The number of nitro groups is 1. The standard InChI is InChI=1S/C15H15ClN2O5S/c1-3-23-15-12(16)5-4-6-13(15)17-24(21,22)11-7-8-14(18(19)20)10(2)9-11/h4-9,17H,3H2,1-2H3. The average Bonchev–Trinajstić information content (AvgIpc) is 2.50. The molecule has 0 atom stereocenters. The van der Waals surface area contributed by atoms with E-state index in [0.29, 0.717) is 6.61 Å². The van der Waals surface area contributed by atoms with Crippen molar-refractivity contribution in [2.75, 3.05) is 11.3 Å². The summed E-state index contributed by atoms with van der Waals surface area (Å²) in [4.78, 5) is 10.2. The van der Waals surface area contributed by atoms with Gasteiger partial charge in [-0.2, -0.15) is 0 Å². The molecule has 0 aliphatic rings. The minimum atomic E-state index is -3.95. The summed E-state index contributed by atoms with van der Waals surface area (Å²) in [5.74, 6) is 0.226. The fourth-order valence-electron chi connectivity index (χ4n) is 2.08. The predicted molar refractivity (Wildman–Crippen MR) is 91.3 cm³/mol. The zero-order valence-corrected chi connectivity index (χ0v) is 14.5. The maximum atomic E-state index is 12.5. The highest BCUT2D eigenvalue weighted by molar-refractivity contribution is 7.92. The largest absolute Gasteiger partial charge is 0.490 e. The van der Waals surface area contributed by atoms with Gasteiger partial charge in [0, 0.05) is 11.6 Å². The molecule has 0 saturated carbocycles. The molecule has 0 aromatic heterocycles. The van der Waals surface area contributed by atoms with Crippen LogP contribution in [0.1, 0.15) is 12.5 Å². The number of benzene rings is 2. The summed E-state index contributed by atoms with van der Waals surface area (Å²) in [7, 11) is -3.95. The number of nitrogens with zero attached hydrogens (tertiary/aromatic N) is 1. The topological polar surface area (TPSA) is 98.5 Å². The van der Waals surface area contributed by atoms with Crippen LogP contribution in [0.15, 0.2) is 41.3 Å². The van der Waals surface area contributed by atoms with Gasteiger partial charge < -0.3 is 4.74 Å². The van der Waals surface area contributed by atoms with E-state index in [4.69, 9.17) is 16.3 Å². The van der Waals surface area contributed by atoms with Crippen molar-refractivity contribution in [3.8, 4) is 5.75 Å². The maximum absolute atomic E-state index is 12.5. The molecule has 7 nitrogen and oxygen atoms in total. The fraction of sp³-hybridized carbons (Fsp3) is 0.200. The number of hydrogen-bond acceptors (Lipinski definition) is 5. The molecule has 2 aromatic rings. The molecule has 128 valence electrons. The summed E-state index contributed by atoms with van der Waals surface area (Å²) in [5, 5.41) is 11.1. The minimum Gasteiger partial charge on any atom is -0.490 e. The van der Waals surface area contributed by atoms with Crippen LogP contribution in [0.2, 0.25) is 5.02 Å². The molecule has 0 bridgehead atoms. The first kappa shape index (κ1) is 18.0. The first-order valence-corrected chi connectivity index (χ1v) is 8.81. The van der Waals surface area contributed by atoms with Gasteiger partial charge in [-0.25, -0.2) is 8.42 Å².